The van der Waals surface area contributed by atoms with E-state index < -0.39 is 23.8 Å². The number of alkyl halides is 2. The Bertz CT molecular complexity index is 1080. The third-order valence-electron chi connectivity index (χ3n) is 5.75. The summed E-state index contributed by atoms with van der Waals surface area (Å²) in [7, 11) is 2.10. The van der Waals surface area contributed by atoms with Crippen molar-refractivity contribution in [1.29, 1.82) is 0 Å². The second kappa shape index (κ2) is 8.66. The molecule has 1 N–H and O–H groups in total. The molecule has 4 rings (SSSR count). The van der Waals surface area contributed by atoms with E-state index in [2.05, 4.69) is 37.3 Å². The zero-order valence-electron chi connectivity index (χ0n) is 17.7. The smallest absolute Gasteiger partial charge is 0.266 e. The first-order valence-corrected chi connectivity index (χ1v) is 10.2. The van der Waals surface area contributed by atoms with E-state index >= 15 is 0 Å². The summed E-state index contributed by atoms with van der Waals surface area (Å²) in [5, 5.41) is 12.3. The molecular formula is C22H25F3N6. The van der Waals surface area contributed by atoms with Gasteiger partial charge in [0.15, 0.2) is 5.82 Å². The number of nitrogens with zero attached hydrogens (tertiary/aromatic N) is 5. The predicted molar refractivity (Wildman–Crippen MR) is 115 cm³/mol. The van der Waals surface area contributed by atoms with Gasteiger partial charge in [-0.15, -0.1) is 5.10 Å². The highest BCUT2D eigenvalue weighted by atomic mass is 19.3. The second-order valence-electron chi connectivity index (χ2n) is 7.93. The number of pyridine rings is 1. The number of piperazine rings is 1. The van der Waals surface area contributed by atoms with Crippen molar-refractivity contribution in [1.82, 2.24) is 20.1 Å². The molecule has 2 aromatic heterocycles. The largest absolute Gasteiger partial charge is 0.368 e. The van der Waals surface area contributed by atoms with Crippen LogP contribution in [0, 0.1) is 12.7 Å². The highest BCUT2D eigenvalue weighted by Crippen LogP contribution is 2.31. The predicted octanol–water partition coefficient (Wildman–Crippen LogP) is 4.33. The lowest BCUT2D eigenvalue weighted by molar-refractivity contribution is 0.146. The molecule has 3 aromatic rings. The Kier molecular flexibility index (Phi) is 5.95. The first kappa shape index (κ1) is 21.3. The molecule has 164 valence electrons. The standard InChI is InChI=1S/C22H25F3N6/c1-13(16-5-4-6-17(19(16)23)21(24)25)27-22-18-11-15(31-9-7-30(3)8-10-31)12-26-20(18)14(2)28-29-22/h4-6,11-13,21H,7-10H2,1-3H3,(H,27,29)/t13-/m1/s1. The minimum absolute atomic E-state index is 0.150. The fraction of sp³-hybridized carbons (Fsp3) is 0.409. The second-order valence-corrected chi connectivity index (χ2v) is 7.93. The number of rotatable bonds is 5. The van der Waals surface area contributed by atoms with Crippen LogP contribution in [-0.2, 0) is 0 Å². The van der Waals surface area contributed by atoms with Crippen LogP contribution in [0.5, 0.6) is 0 Å². The van der Waals surface area contributed by atoms with Crippen molar-refractivity contribution in [2.45, 2.75) is 26.3 Å². The number of aryl methyl sites for hydroxylation is 1. The minimum Gasteiger partial charge on any atom is -0.368 e. The van der Waals surface area contributed by atoms with Crippen LogP contribution in [0.1, 0.15) is 36.2 Å². The lowest BCUT2D eigenvalue weighted by atomic mass is 10.0. The maximum absolute atomic E-state index is 14.6. The summed E-state index contributed by atoms with van der Waals surface area (Å²) in [6, 6.07) is 5.45. The van der Waals surface area contributed by atoms with Crippen molar-refractivity contribution in [3.63, 3.8) is 0 Å². The van der Waals surface area contributed by atoms with E-state index in [1.54, 1.807) is 6.92 Å². The first-order valence-electron chi connectivity index (χ1n) is 10.2. The molecular weight excluding hydrogens is 405 g/mol. The molecule has 0 radical (unpaired) electrons. The van der Waals surface area contributed by atoms with Gasteiger partial charge in [0.25, 0.3) is 6.43 Å². The quantitative estimate of drug-likeness (QED) is 0.650. The highest BCUT2D eigenvalue weighted by Gasteiger charge is 2.21. The summed E-state index contributed by atoms with van der Waals surface area (Å²) in [6.07, 6.45) is -1.04. The number of fused-ring (bicyclic) bond motifs is 1. The topological polar surface area (TPSA) is 57.2 Å². The average Bonchev–Trinajstić information content (AvgIpc) is 2.76. The summed E-state index contributed by atoms with van der Waals surface area (Å²) in [5.41, 5.74) is 1.91. The van der Waals surface area contributed by atoms with Crippen molar-refractivity contribution in [2.75, 3.05) is 43.4 Å². The molecule has 1 atom stereocenters. The number of hydrogen-bond donors (Lipinski definition) is 1. The molecule has 0 bridgehead atoms. The summed E-state index contributed by atoms with van der Waals surface area (Å²) in [4.78, 5) is 9.14. The van der Waals surface area contributed by atoms with Crippen LogP contribution in [0.4, 0.5) is 24.7 Å². The van der Waals surface area contributed by atoms with Crippen LogP contribution in [0.25, 0.3) is 10.9 Å². The number of benzene rings is 1. The van der Waals surface area contributed by atoms with Gasteiger partial charge in [-0.3, -0.25) is 4.98 Å². The zero-order valence-corrected chi connectivity index (χ0v) is 17.7. The maximum Gasteiger partial charge on any atom is 0.266 e. The molecule has 0 saturated carbocycles. The molecule has 3 heterocycles. The van der Waals surface area contributed by atoms with Crippen molar-refractivity contribution in [3.05, 3.63) is 53.1 Å². The van der Waals surface area contributed by atoms with Crippen LogP contribution in [-0.4, -0.2) is 53.3 Å². The number of nitrogens with one attached hydrogen (secondary N) is 1. The third kappa shape index (κ3) is 4.27. The monoisotopic (exact) mass is 430 g/mol. The third-order valence-corrected chi connectivity index (χ3v) is 5.75. The molecule has 0 amide bonds. The molecule has 0 spiro atoms. The van der Waals surface area contributed by atoms with E-state index in [4.69, 9.17) is 0 Å². The van der Waals surface area contributed by atoms with E-state index in [0.29, 0.717) is 17.0 Å². The van der Waals surface area contributed by atoms with Gasteiger partial charge in [0, 0.05) is 37.1 Å². The Morgan fingerprint density at radius 1 is 1.06 bits per heavy atom. The first-order chi connectivity index (χ1) is 14.8. The molecule has 1 fully saturated rings. The Labute approximate surface area is 179 Å². The number of aromatic nitrogens is 3. The van der Waals surface area contributed by atoms with Crippen molar-refractivity contribution in [3.8, 4) is 0 Å². The molecule has 0 aliphatic carbocycles. The number of likely N-dealkylation sites (N-methyl/N-ethyl adjacent to an activating group) is 1. The molecule has 1 aromatic carbocycles. The SMILES string of the molecule is Cc1nnc(N[C@H](C)c2cccc(C(F)F)c2F)c2cc(N3CCN(C)CC3)cnc12. The summed E-state index contributed by atoms with van der Waals surface area (Å²) in [5.74, 6) is -0.462. The van der Waals surface area contributed by atoms with E-state index in [0.717, 1.165) is 43.3 Å². The fourth-order valence-electron chi connectivity index (χ4n) is 3.85. The Hall–Kier alpha value is -2.94. The molecule has 1 aliphatic rings. The van der Waals surface area contributed by atoms with Crippen LogP contribution in [0.2, 0.25) is 0 Å². The van der Waals surface area contributed by atoms with Crippen LogP contribution >= 0.6 is 0 Å². The summed E-state index contributed by atoms with van der Waals surface area (Å²) >= 11 is 0. The molecule has 1 aliphatic heterocycles. The van der Waals surface area contributed by atoms with Gasteiger partial charge in [0.05, 0.1) is 34.7 Å². The molecule has 0 unspecified atom stereocenters. The van der Waals surface area contributed by atoms with Gasteiger partial charge in [-0.2, -0.15) is 5.10 Å². The van der Waals surface area contributed by atoms with Gasteiger partial charge in [-0.05, 0) is 27.0 Å². The van der Waals surface area contributed by atoms with Gasteiger partial charge >= 0.3 is 0 Å². The Morgan fingerprint density at radius 2 is 1.77 bits per heavy atom. The fourth-order valence-corrected chi connectivity index (χ4v) is 3.85. The molecule has 1 saturated heterocycles. The van der Waals surface area contributed by atoms with E-state index in [-0.39, 0.29) is 5.56 Å². The lowest BCUT2D eigenvalue weighted by Gasteiger charge is -2.34. The summed E-state index contributed by atoms with van der Waals surface area (Å²) in [6.45, 7) is 7.26. The maximum atomic E-state index is 14.6. The van der Waals surface area contributed by atoms with Gasteiger partial charge in [0.1, 0.15) is 5.82 Å². The van der Waals surface area contributed by atoms with E-state index in [1.165, 1.54) is 12.1 Å². The molecule has 31 heavy (non-hydrogen) atoms. The number of hydrogen-bond acceptors (Lipinski definition) is 6. The lowest BCUT2D eigenvalue weighted by Crippen LogP contribution is -2.44. The van der Waals surface area contributed by atoms with Gasteiger partial charge < -0.3 is 15.1 Å². The Balaban J connectivity index is 1.68. The van der Waals surface area contributed by atoms with Gasteiger partial charge in [-0.1, -0.05) is 18.2 Å². The van der Waals surface area contributed by atoms with Gasteiger partial charge in [-0.25, -0.2) is 13.2 Å². The van der Waals surface area contributed by atoms with E-state index in [9.17, 15) is 13.2 Å². The average molecular weight is 430 g/mol. The van der Waals surface area contributed by atoms with E-state index in [1.807, 2.05) is 19.2 Å². The van der Waals surface area contributed by atoms with Crippen LogP contribution in [0.3, 0.4) is 0 Å². The minimum atomic E-state index is -2.87. The number of anilines is 2. The molecule has 6 nitrogen and oxygen atoms in total. The number of halogens is 3. The van der Waals surface area contributed by atoms with Crippen molar-refractivity contribution in [2.24, 2.45) is 0 Å². The normalized spacial score (nSPS) is 16.2. The van der Waals surface area contributed by atoms with Crippen LogP contribution < -0.4 is 10.2 Å². The van der Waals surface area contributed by atoms with Crippen molar-refractivity contribution < 1.29 is 13.2 Å². The van der Waals surface area contributed by atoms with Crippen molar-refractivity contribution >= 4 is 22.4 Å². The summed E-state index contributed by atoms with van der Waals surface area (Å²) < 4.78 is 40.8. The zero-order chi connectivity index (χ0) is 22.1. The Morgan fingerprint density at radius 3 is 2.48 bits per heavy atom. The van der Waals surface area contributed by atoms with Gasteiger partial charge in [0.2, 0.25) is 0 Å². The van der Waals surface area contributed by atoms with Crippen LogP contribution in [0.15, 0.2) is 30.5 Å². The highest BCUT2D eigenvalue weighted by molar-refractivity contribution is 5.92. The molecule has 9 heteroatoms.